The van der Waals surface area contributed by atoms with Crippen LogP contribution in [0.2, 0.25) is 0 Å². The minimum absolute atomic E-state index is 0.119. The van der Waals surface area contributed by atoms with Crippen molar-refractivity contribution in [2.24, 2.45) is 0 Å². The summed E-state index contributed by atoms with van der Waals surface area (Å²) in [4.78, 5) is 21.9. The van der Waals surface area contributed by atoms with Gasteiger partial charge in [0.15, 0.2) is 0 Å². The van der Waals surface area contributed by atoms with Crippen molar-refractivity contribution in [1.29, 1.82) is 0 Å². The van der Waals surface area contributed by atoms with Crippen molar-refractivity contribution in [3.63, 3.8) is 0 Å². The van der Waals surface area contributed by atoms with Crippen LogP contribution in [0, 0.1) is 34.1 Å². The van der Waals surface area contributed by atoms with Crippen LogP contribution in [0.25, 0.3) is 0 Å². The largest absolute Gasteiger partial charge is 0.283 e. The Morgan fingerprint density at radius 1 is 0.950 bits per heavy atom. The molecule has 0 saturated carbocycles. The normalized spacial score (nSPS) is 11.5. The summed E-state index contributed by atoms with van der Waals surface area (Å²) in [5.74, 6) is 0. The molecule has 0 aromatic heterocycles. The van der Waals surface area contributed by atoms with Crippen molar-refractivity contribution >= 4 is 11.4 Å². The van der Waals surface area contributed by atoms with Crippen LogP contribution >= 0.6 is 0 Å². The fraction of sp³-hybridized carbons (Fsp3) is 0.571. The fourth-order valence-corrected chi connectivity index (χ4v) is 2.75. The Balaban J connectivity index is 4.06. The van der Waals surface area contributed by atoms with Crippen LogP contribution in [0.5, 0.6) is 0 Å². The Morgan fingerprint density at radius 2 is 1.30 bits per heavy atom. The molecule has 1 aromatic rings. The van der Waals surface area contributed by atoms with Crippen molar-refractivity contribution in [2.75, 3.05) is 0 Å². The second kappa shape index (κ2) is 5.19. The molecule has 0 unspecified atom stereocenters. The number of hydrogen-bond acceptors (Lipinski definition) is 4. The topological polar surface area (TPSA) is 86.3 Å². The van der Waals surface area contributed by atoms with E-state index in [1.165, 1.54) is 0 Å². The first kappa shape index (κ1) is 16.1. The Bertz CT molecular complexity index is 545. The summed E-state index contributed by atoms with van der Waals surface area (Å²) in [6.45, 7) is 10.5. The number of nitro benzene ring substituents is 2. The second-order valence-corrected chi connectivity index (χ2v) is 5.92. The summed E-state index contributed by atoms with van der Waals surface area (Å²) in [5.41, 5.74) is 1.05. The van der Waals surface area contributed by atoms with E-state index in [9.17, 15) is 20.2 Å². The zero-order valence-electron chi connectivity index (χ0n) is 12.7. The molecule has 1 rings (SSSR count). The molecule has 6 nitrogen and oxygen atoms in total. The van der Waals surface area contributed by atoms with Gasteiger partial charge in [0.1, 0.15) is 5.56 Å². The first-order chi connectivity index (χ1) is 9.03. The molecule has 0 radical (unpaired) electrons. The van der Waals surface area contributed by atoms with Crippen molar-refractivity contribution in [1.82, 2.24) is 0 Å². The summed E-state index contributed by atoms with van der Waals surface area (Å²) < 4.78 is 0. The van der Waals surface area contributed by atoms with Gasteiger partial charge in [-0.1, -0.05) is 27.7 Å². The van der Waals surface area contributed by atoms with Crippen molar-refractivity contribution in [2.45, 2.75) is 53.4 Å². The Morgan fingerprint density at radius 3 is 1.50 bits per heavy atom. The Hall–Kier alpha value is -1.98. The highest BCUT2D eigenvalue weighted by molar-refractivity contribution is 5.67. The maximum atomic E-state index is 11.4. The van der Waals surface area contributed by atoms with Gasteiger partial charge in [0.25, 0.3) is 11.4 Å². The van der Waals surface area contributed by atoms with E-state index < -0.39 is 15.3 Å². The Labute approximate surface area is 118 Å². The average Bonchev–Trinajstić information content (AvgIpc) is 2.26. The molecular weight excluding hydrogens is 260 g/mol. The van der Waals surface area contributed by atoms with Gasteiger partial charge in [-0.3, -0.25) is 20.2 Å². The van der Waals surface area contributed by atoms with Crippen LogP contribution in [0.3, 0.4) is 0 Å². The highest BCUT2D eigenvalue weighted by Gasteiger charge is 2.38. The monoisotopic (exact) mass is 280 g/mol. The van der Waals surface area contributed by atoms with E-state index >= 15 is 0 Å². The van der Waals surface area contributed by atoms with Crippen LogP contribution in [0.1, 0.15) is 49.9 Å². The fourth-order valence-electron chi connectivity index (χ4n) is 2.75. The SMILES string of the molecule is CCc1c(C)c([N+](=O)[O-])c(C(C)(C)C)c([N+](=O)[O-])c1C. The molecule has 0 saturated heterocycles. The summed E-state index contributed by atoms with van der Waals surface area (Å²) in [5, 5.41) is 22.9. The summed E-state index contributed by atoms with van der Waals surface area (Å²) in [6.07, 6.45) is 0.532. The quantitative estimate of drug-likeness (QED) is 0.619. The van der Waals surface area contributed by atoms with Crippen LogP contribution < -0.4 is 0 Å². The van der Waals surface area contributed by atoms with Crippen LogP contribution in [0.15, 0.2) is 0 Å². The minimum atomic E-state index is -0.674. The third-order valence-electron chi connectivity index (χ3n) is 3.56. The van der Waals surface area contributed by atoms with Gasteiger partial charge in [0.2, 0.25) is 0 Å². The van der Waals surface area contributed by atoms with Crippen molar-refractivity contribution in [3.05, 3.63) is 42.5 Å². The van der Waals surface area contributed by atoms with E-state index in [0.29, 0.717) is 23.1 Å². The van der Waals surface area contributed by atoms with Crippen molar-refractivity contribution < 1.29 is 9.85 Å². The van der Waals surface area contributed by atoms with E-state index in [0.717, 1.165) is 0 Å². The summed E-state index contributed by atoms with van der Waals surface area (Å²) >= 11 is 0. The van der Waals surface area contributed by atoms with E-state index in [1.807, 2.05) is 6.92 Å². The average molecular weight is 280 g/mol. The molecule has 0 bridgehead atoms. The van der Waals surface area contributed by atoms with Gasteiger partial charge in [-0.05, 0) is 25.8 Å². The number of hydrogen-bond donors (Lipinski definition) is 0. The number of nitro groups is 2. The van der Waals surface area contributed by atoms with E-state index in [2.05, 4.69) is 0 Å². The minimum Gasteiger partial charge on any atom is -0.258 e. The van der Waals surface area contributed by atoms with E-state index in [-0.39, 0.29) is 16.9 Å². The van der Waals surface area contributed by atoms with E-state index in [4.69, 9.17) is 0 Å². The number of rotatable bonds is 3. The molecule has 0 spiro atoms. The number of nitrogens with zero attached hydrogens (tertiary/aromatic N) is 2. The molecule has 110 valence electrons. The predicted molar refractivity (Wildman–Crippen MR) is 77.3 cm³/mol. The van der Waals surface area contributed by atoms with E-state index in [1.54, 1.807) is 34.6 Å². The molecule has 0 atom stereocenters. The van der Waals surface area contributed by atoms with Gasteiger partial charge in [0.05, 0.1) is 9.85 Å². The van der Waals surface area contributed by atoms with Gasteiger partial charge in [-0.15, -0.1) is 0 Å². The lowest BCUT2D eigenvalue weighted by Gasteiger charge is -2.22. The van der Waals surface area contributed by atoms with Gasteiger partial charge < -0.3 is 0 Å². The van der Waals surface area contributed by atoms with Crippen molar-refractivity contribution in [3.8, 4) is 0 Å². The van der Waals surface area contributed by atoms with Gasteiger partial charge in [-0.2, -0.15) is 0 Å². The standard InChI is InChI=1S/C14H20N2O4/c1-7-10-8(2)12(15(17)18)11(14(4,5)6)13(9(10)3)16(19)20/h7H2,1-6H3. The molecule has 6 heteroatoms. The third-order valence-corrected chi connectivity index (χ3v) is 3.56. The molecule has 0 heterocycles. The maximum absolute atomic E-state index is 11.4. The molecule has 0 aliphatic rings. The molecule has 0 fully saturated rings. The maximum Gasteiger partial charge on any atom is 0.283 e. The first-order valence-corrected chi connectivity index (χ1v) is 6.49. The molecular formula is C14H20N2O4. The zero-order chi connectivity index (χ0) is 15.8. The predicted octanol–water partition coefficient (Wildman–Crippen LogP) is 3.98. The summed E-state index contributed by atoms with van der Waals surface area (Å²) in [6, 6.07) is 0. The smallest absolute Gasteiger partial charge is 0.258 e. The summed E-state index contributed by atoms with van der Waals surface area (Å²) in [7, 11) is 0. The molecule has 20 heavy (non-hydrogen) atoms. The second-order valence-electron chi connectivity index (χ2n) is 5.92. The third kappa shape index (κ3) is 2.50. The first-order valence-electron chi connectivity index (χ1n) is 6.49. The van der Waals surface area contributed by atoms with Gasteiger partial charge >= 0.3 is 0 Å². The molecule has 0 aliphatic carbocycles. The molecule has 0 aliphatic heterocycles. The zero-order valence-corrected chi connectivity index (χ0v) is 12.7. The van der Waals surface area contributed by atoms with Crippen LogP contribution in [0.4, 0.5) is 11.4 Å². The molecule has 1 aromatic carbocycles. The van der Waals surface area contributed by atoms with Crippen LogP contribution in [-0.4, -0.2) is 9.85 Å². The molecule has 0 amide bonds. The highest BCUT2D eigenvalue weighted by atomic mass is 16.6. The van der Waals surface area contributed by atoms with Gasteiger partial charge in [-0.25, -0.2) is 0 Å². The van der Waals surface area contributed by atoms with Crippen LogP contribution in [-0.2, 0) is 11.8 Å². The lowest BCUT2D eigenvalue weighted by Crippen LogP contribution is -2.19. The number of benzene rings is 1. The lowest BCUT2D eigenvalue weighted by atomic mass is 9.80. The highest BCUT2D eigenvalue weighted by Crippen LogP contribution is 2.44. The lowest BCUT2D eigenvalue weighted by molar-refractivity contribution is -0.397. The van der Waals surface area contributed by atoms with Gasteiger partial charge in [0, 0.05) is 16.5 Å². The molecule has 0 N–H and O–H groups in total. The Kier molecular flexibility index (Phi) is 4.17.